The Labute approximate surface area is 112 Å². The fourth-order valence-electron chi connectivity index (χ4n) is 2.44. The van der Waals surface area contributed by atoms with Crippen LogP contribution in [-0.4, -0.2) is 20.3 Å². The van der Waals surface area contributed by atoms with E-state index >= 15 is 0 Å². The zero-order valence-corrected chi connectivity index (χ0v) is 10.4. The molecular weight excluding hydrogens is 260 g/mol. The number of ketones is 2. The Balaban J connectivity index is 2.16. The van der Waals surface area contributed by atoms with Crippen LogP contribution in [0, 0.1) is 0 Å². The number of rotatable bonds is 0. The molecule has 0 amide bonds. The van der Waals surface area contributed by atoms with Crippen LogP contribution in [0.2, 0.25) is 0 Å². The molecule has 1 aromatic heterocycles. The van der Waals surface area contributed by atoms with Gasteiger partial charge in [0.2, 0.25) is 11.6 Å². The summed E-state index contributed by atoms with van der Waals surface area (Å²) in [7, 11) is 0. The molecule has 19 heavy (non-hydrogen) atoms. The number of hydrogen-bond donors (Lipinski definition) is 0. The summed E-state index contributed by atoms with van der Waals surface area (Å²) in [4.78, 5) is 24.8. The third-order valence-electron chi connectivity index (χ3n) is 3.32. The highest BCUT2D eigenvalue weighted by Gasteiger charge is 2.34. The predicted octanol–water partition coefficient (Wildman–Crippen LogP) is 2.47. The molecule has 1 aliphatic carbocycles. The van der Waals surface area contributed by atoms with E-state index in [9.17, 15) is 9.59 Å². The van der Waals surface area contributed by atoms with Crippen LogP contribution in [0.1, 0.15) is 32.1 Å². The van der Waals surface area contributed by atoms with Crippen LogP contribution in [0.25, 0.3) is 10.8 Å². The number of aromatic nitrogens is 2. The van der Waals surface area contributed by atoms with Crippen LogP contribution in [0.4, 0.5) is 0 Å². The summed E-state index contributed by atoms with van der Waals surface area (Å²) in [5, 5.41) is 1.73. The molecule has 0 unspecified atom stereocenters. The lowest BCUT2D eigenvalue weighted by Crippen LogP contribution is -2.21. The van der Waals surface area contributed by atoms with E-state index in [1.54, 1.807) is 6.07 Å². The van der Waals surface area contributed by atoms with Gasteiger partial charge in [0.25, 0.3) is 0 Å². The molecule has 5 heteroatoms. The molecule has 0 saturated heterocycles. The molecule has 0 saturated carbocycles. The molecule has 0 bridgehead atoms. The second-order valence-corrected chi connectivity index (χ2v) is 4.86. The summed E-state index contributed by atoms with van der Waals surface area (Å²) in [5.74, 6) is -0.431. The largest absolute Gasteiger partial charge is 0.287 e. The van der Waals surface area contributed by atoms with E-state index in [1.165, 1.54) is 0 Å². The Morgan fingerprint density at radius 3 is 2.42 bits per heavy atom. The van der Waals surface area contributed by atoms with Crippen molar-refractivity contribution < 1.29 is 9.59 Å². The smallest absolute Gasteiger partial charge is 0.216 e. The van der Waals surface area contributed by atoms with Crippen LogP contribution in [0.5, 0.6) is 0 Å². The van der Waals surface area contributed by atoms with Crippen molar-refractivity contribution >= 4 is 34.1 Å². The second-order valence-electron chi connectivity index (χ2n) is 4.33. The number of nitrogens with zero attached hydrogens (tertiary/aromatic N) is 2. The highest BCUT2D eigenvalue weighted by Crippen LogP contribution is 2.31. The highest BCUT2D eigenvalue weighted by atomic mass is 32.1. The average molecular weight is 266 g/mol. The zero-order valence-electron chi connectivity index (χ0n) is 9.58. The van der Waals surface area contributed by atoms with Gasteiger partial charge in [-0.05, 0) is 16.8 Å². The molecular formula is C14H6N2O2S. The molecule has 0 aliphatic heterocycles. The molecule has 4 rings (SSSR count). The monoisotopic (exact) mass is 266 g/mol. The number of fused-ring (bicyclic) bond motifs is 4. The zero-order chi connectivity index (χ0) is 13.0. The van der Waals surface area contributed by atoms with Gasteiger partial charge in [-0.15, -0.1) is 0 Å². The van der Waals surface area contributed by atoms with Crippen LogP contribution < -0.4 is 0 Å². The van der Waals surface area contributed by atoms with E-state index in [-0.39, 0.29) is 23.0 Å². The van der Waals surface area contributed by atoms with Gasteiger partial charge in [-0.3, -0.25) is 9.59 Å². The standard InChI is InChI=1S/C14H6N2O2S/c17-13-9-6-5-7-3-1-2-4-8(7)10(9)14(18)12-11(13)15-19-16-12/h1-6H. The summed E-state index contributed by atoms with van der Waals surface area (Å²) in [6.45, 7) is 0. The minimum atomic E-state index is -0.218. The molecule has 1 heterocycles. The lowest BCUT2D eigenvalue weighted by atomic mass is 9.86. The SMILES string of the molecule is O=C1c2ccc3ccccc3c2C(=O)c2nsnc21. The molecule has 4 nitrogen and oxygen atoms in total. The first-order chi connectivity index (χ1) is 9.27. The maximum atomic E-state index is 12.5. The van der Waals surface area contributed by atoms with Crippen LogP contribution in [0.15, 0.2) is 36.4 Å². The van der Waals surface area contributed by atoms with Crippen molar-refractivity contribution in [1.82, 2.24) is 8.75 Å². The van der Waals surface area contributed by atoms with E-state index in [4.69, 9.17) is 0 Å². The van der Waals surface area contributed by atoms with Crippen molar-refractivity contribution in [3.63, 3.8) is 0 Å². The summed E-state index contributed by atoms with van der Waals surface area (Å²) in [6, 6.07) is 11.1. The van der Waals surface area contributed by atoms with Crippen LogP contribution in [0.3, 0.4) is 0 Å². The van der Waals surface area contributed by atoms with E-state index < -0.39 is 0 Å². The van der Waals surface area contributed by atoms with Crippen molar-refractivity contribution in [3.05, 3.63) is 58.9 Å². The Kier molecular flexibility index (Phi) is 1.97. The van der Waals surface area contributed by atoms with Gasteiger partial charge in [-0.2, -0.15) is 8.75 Å². The topological polar surface area (TPSA) is 59.9 Å². The predicted molar refractivity (Wildman–Crippen MR) is 70.7 cm³/mol. The Bertz CT molecular complexity index is 867. The Morgan fingerprint density at radius 2 is 1.58 bits per heavy atom. The quantitative estimate of drug-likeness (QED) is 0.490. The van der Waals surface area contributed by atoms with Gasteiger partial charge in [0.1, 0.15) is 0 Å². The third kappa shape index (κ3) is 1.27. The lowest BCUT2D eigenvalue weighted by molar-refractivity contribution is 0.0975. The summed E-state index contributed by atoms with van der Waals surface area (Å²) >= 11 is 0.897. The van der Waals surface area contributed by atoms with Crippen molar-refractivity contribution in [2.45, 2.75) is 0 Å². The van der Waals surface area contributed by atoms with Crippen LogP contribution >= 0.6 is 11.7 Å². The number of hydrogen-bond acceptors (Lipinski definition) is 5. The summed E-state index contributed by atoms with van der Waals surface area (Å²) in [5.41, 5.74) is 1.23. The van der Waals surface area contributed by atoms with Gasteiger partial charge in [-0.25, -0.2) is 0 Å². The van der Waals surface area contributed by atoms with Crippen molar-refractivity contribution in [1.29, 1.82) is 0 Å². The minimum Gasteiger partial charge on any atom is -0.287 e. The molecule has 2 aromatic carbocycles. The van der Waals surface area contributed by atoms with E-state index in [0.29, 0.717) is 11.1 Å². The molecule has 0 spiro atoms. The normalized spacial score (nSPS) is 13.5. The number of carbonyl (C=O) groups is 2. The maximum absolute atomic E-state index is 12.5. The van der Waals surface area contributed by atoms with Gasteiger partial charge >= 0.3 is 0 Å². The van der Waals surface area contributed by atoms with Gasteiger partial charge in [0.15, 0.2) is 11.4 Å². The van der Waals surface area contributed by atoms with Crippen molar-refractivity contribution in [2.24, 2.45) is 0 Å². The molecule has 0 fully saturated rings. The average Bonchev–Trinajstić information content (AvgIpc) is 2.93. The van der Waals surface area contributed by atoms with Gasteiger partial charge in [0.05, 0.1) is 11.7 Å². The summed E-state index contributed by atoms with van der Waals surface area (Å²) in [6.07, 6.45) is 0. The Hall–Kier alpha value is -2.40. The van der Waals surface area contributed by atoms with Crippen molar-refractivity contribution in [2.75, 3.05) is 0 Å². The highest BCUT2D eigenvalue weighted by molar-refractivity contribution is 6.99. The van der Waals surface area contributed by atoms with E-state index in [1.807, 2.05) is 30.3 Å². The van der Waals surface area contributed by atoms with Gasteiger partial charge in [-0.1, -0.05) is 30.3 Å². The first-order valence-corrected chi connectivity index (χ1v) is 6.44. The second kappa shape index (κ2) is 3.55. The van der Waals surface area contributed by atoms with Gasteiger partial charge < -0.3 is 0 Å². The van der Waals surface area contributed by atoms with Gasteiger partial charge in [0, 0.05) is 11.1 Å². The fraction of sp³-hybridized carbons (Fsp3) is 0. The minimum absolute atomic E-state index is 0.179. The first-order valence-electron chi connectivity index (χ1n) is 5.71. The Morgan fingerprint density at radius 1 is 0.842 bits per heavy atom. The fourth-order valence-corrected chi connectivity index (χ4v) is 2.98. The van der Waals surface area contributed by atoms with E-state index in [0.717, 1.165) is 22.5 Å². The summed E-state index contributed by atoms with van der Waals surface area (Å²) < 4.78 is 7.88. The van der Waals surface area contributed by atoms with E-state index in [2.05, 4.69) is 8.75 Å². The third-order valence-corrected chi connectivity index (χ3v) is 3.85. The molecule has 0 atom stereocenters. The maximum Gasteiger partial charge on any atom is 0.216 e. The molecule has 90 valence electrons. The van der Waals surface area contributed by atoms with Crippen molar-refractivity contribution in [3.8, 4) is 0 Å². The molecule has 0 radical (unpaired) electrons. The first kappa shape index (κ1) is 10.5. The van der Waals surface area contributed by atoms with Crippen LogP contribution in [-0.2, 0) is 0 Å². The lowest BCUT2D eigenvalue weighted by Gasteiger charge is -2.14. The number of carbonyl (C=O) groups excluding carboxylic acids is 2. The molecule has 0 N–H and O–H groups in total. The molecule has 3 aromatic rings. The number of benzene rings is 2. The molecule has 1 aliphatic rings.